The number of ether oxygens (including phenoxy) is 1. The fourth-order valence-electron chi connectivity index (χ4n) is 2.25. The largest absolute Gasteiger partial charge is 0.489 e. The van der Waals surface area contributed by atoms with Crippen LogP contribution in [0.5, 0.6) is 5.75 Å². The Morgan fingerprint density at radius 2 is 1.85 bits per heavy atom. The second-order valence-electron chi connectivity index (χ2n) is 5.22. The van der Waals surface area contributed by atoms with E-state index in [-0.39, 0.29) is 11.0 Å². The standard InChI is InChI=1S/C14H20ClNO3S/c1-11(2)19-14-7-6-12(10-13(14)15)20(17,18)16-8-4-3-5-9-16/h6-7,10-11H,3-5,8-9H2,1-2H3. The topological polar surface area (TPSA) is 46.6 Å². The van der Waals surface area contributed by atoms with E-state index in [1.807, 2.05) is 13.8 Å². The number of hydrogen-bond acceptors (Lipinski definition) is 3. The van der Waals surface area contributed by atoms with E-state index in [2.05, 4.69) is 0 Å². The van der Waals surface area contributed by atoms with Gasteiger partial charge in [-0.25, -0.2) is 8.42 Å². The lowest BCUT2D eigenvalue weighted by atomic mass is 10.2. The highest BCUT2D eigenvalue weighted by Gasteiger charge is 2.26. The van der Waals surface area contributed by atoms with Gasteiger partial charge in [0.1, 0.15) is 5.75 Å². The van der Waals surface area contributed by atoms with Crippen molar-refractivity contribution in [3.05, 3.63) is 23.2 Å². The molecule has 0 aliphatic carbocycles. The molecule has 0 radical (unpaired) electrons. The minimum absolute atomic E-state index is 0.00273. The number of benzene rings is 1. The first-order valence-electron chi connectivity index (χ1n) is 6.87. The van der Waals surface area contributed by atoms with Gasteiger partial charge in [-0.05, 0) is 44.9 Å². The van der Waals surface area contributed by atoms with Gasteiger partial charge in [-0.3, -0.25) is 0 Å². The van der Waals surface area contributed by atoms with Gasteiger partial charge in [0.25, 0.3) is 0 Å². The molecule has 0 unspecified atom stereocenters. The van der Waals surface area contributed by atoms with E-state index >= 15 is 0 Å². The van der Waals surface area contributed by atoms with E-state index < -0.39 is 10.0 Å². The number of piperidine rings is 1. The monoisotopic (exact) mass is 317 g/mol. The lowest BCUT2D eigenvalue weighted by molar-refractivity contribution is 0.242. The summed E-state index contributed by atoms with van der Waals surface area (Å²) in [7, 11) is -3.44. The van der Waals surface area contributed by atoms with Gasteiger partial charge >= 0.3 is 0 Å². The maximum Gasteiger partial charge on any atom is 0.243 e. The van der Waals surface area contributed by atoms with Crippen LogP contribution in [0.2, 0.25) is 5.02 Å². The Labute approximate surface area is 125 Å². The highest BCUT2D eigenvalue weighted by Crippen LogP contribution is 2.30. The smallest absolute Gasteiger partial charge is 0.243 e. The molecule has 1 aromatic rings. The van der Waals surface area contributed by atoms with E-state index in [1.165, 1.54) is 10.4 Å². The molecule has 0 spiro atoms. The third kappa shape index (κ3) is 3.45. The number of halogens is 1. The van der Waals surface area contributed by atoms with Crippen LogP contribution < -0.4 is 4.74 Å². The van der Waals surface area contributed by atoms with Gasteiger partial charge in [0.2, 0.25) is 10.0 Å². The fraction of sp³-hybridized carbons (Fsp3) is 0.571. The fourth-order valence-corrected chi connectivity index (χ4v) is 4.08. The first kappa shape index (κ1) is 15.6. The maximum atomic E-state index is 12.5. The van der Waals surface area contributed by atoms with E-state index in [0.29, 0.717) is 23.9 Å². The minimum atomic E-state index is -3.44. The molecular formula is C14H20ClNO3S. The molecule has 0 saturated carbocycles. The van der Waals surface area contributed by atoms with Crippen molar-refractivity contribution in [1.82, 2.24) is 4.31 Å². The van der Waals surface area contributed by atoms with Crippen molar-refractivity contribution in [2.45, 2.75) is 44.1 Å². The summed E-state index contributed by atoms with van der Waals surface area (Å²) in [6.07, 6.45) is 2.92. The molecule has 1 fully saturated rings. The van der Waals surface area contributed by atoms with Crippen molar-refractivity contribution in [1.29, 1.82) is 0 Å². The van der Waals surface area contributed by atoms with Crippen molar-refractivity contribution >= 4 is 21.6 Å². The average Bonchev–Trinajstić information content (AvgIpc) is 2.41. The van der Waals surface area contributed by atoms with Gasteiger partial charge in [-0.1, -0.05) is 18.0 Å². The first-order valence-corrected chi connectivity index (χ1v) is 8.69. The van der Waals surface area contributed by atoms with Crippen LogP contribution >= 0.6 is 11.6 Å². The lowest BCUT2D eigenvalue weighted by Crippen LogP contribution is -2.35. The number of rotatable bonds is 4. The zero-order valence-corrected chi connectivity index (χ0v) is 13.4. The predicted octanol–water partition coefficient (Wildman–Crippen LogP) is 3.30. The Morgan fingerprint density at radius 1 is 1.20 bits per heavy atom. The minimum Gasteiger partial charge on any atom is -0.489 e. The Balaban J connectivity index is 2.26. The van der Waals surface area contributed by atoms with Crippen LogP contribution in [-0.4, -0.2) is 31.9 Å². The van der Waals surface area contributed by atoms with Gasteiger partial charge in [0.05, 0.1) is 16.0 Å². The van der Waals surface area contributed by atoms with Gasteiger partial charge < -0.3 is 4.74 Å². The Kier molecular flexibility index (Phi) is 4.94. The van der Waals surface area contributed by atoms with Gasteiger partial charge in [0.15, 0.2) is 0 Å². The SMILES string of the molecule is CC(C)Oc1ccc(S(=O)(=O)N2CCCCC2)cc1Cl. The second kappa shape index (κ2) is 6.33. The second-order valence-corrected chi connectivity index (χ2v) is 7.57. The number of hydrogen-bond donors (Lipinski definition) is 0. The van der Waals surface area contributed by atoms with Gasteiger partial charge in [-0.15, -0.1) is 0 Å². The molecule has 1 heterocycles. The van der Waals surface area contributed by atoms with E-state index in [9.17, 15) is 8.42 Å². The summed E-state index contributed by atoms with van der Waals surface area (Å²) in [4.78, 5) is 0.237. The molecule has 112 valence electrons. The van der Waals surface area contributed by atoms with Crippen LogP contribution in [-0.2, 0) is 10.0 Å². The molecule has 0 atom stereocenters. The number of sulfonamides is 1. The van der Waals surface area contributed by atoms with E-state index in [4.69, 9.17) is 16.3 Å². The summed E-state index contributed by atoms with van der Waals surface area (Å²) in [5.74, 6) is 0.513. The van der Waals surface area contributed by atoms with E-state index in [1.54, 1.807) is 12.1 Å². The van der Waals surface area contributed by atoms with Crippen molar-refractivity contribution < 1.29 is 13.2 Å². The Bertz CT molecular complexity index is 566. The van der Waals surface area contributed by atoms with Gasteiger partial charge in [0, 0.05) is 13.1 Å². The lowest BCUT2D eigenvalue weighted by Gasteiger charge is -2.26. The highest BCUT2D eigenvalue weighted by molar-refractivity contribution is 7.89. The summed E-state index contributed by atoms with van der Waals surface area (Å²) in [6.45, 7) is 4.97. The third-order valence-electron chi connectivity index (χ3n) is 3.22. The molecule has 0 aromatic heterocycles. The molecule has 0 bridgehead atoms. The van der Waals surface area contributed by atoms with Crippen molar-refractivity contribution in [2.24, 2.45) is 0 Å². The normalized spacial score (nSPS) is 17.4. The summed E-state index contributed by atoms with van der Waals surface area (Å²) in [5, 5.41) is 0.330. The van der Waals surface area contributed by atoms with Crippen LogP contribution in [0, 0.1) is 0 Å². The van der Waals surface area contributed by atoms with Crippen molar-refractivity contribution in [3.8, 4) is 5.75 Å². The van der Waals surface area contributed by atoms with E-state index in [0.717, 1.165) is 19.3 Å². The van der Waals surface area contributed by atoms with Crippen LogP contribution in [0.1, 0.15) is 33.1 Å². The summed E-state index contributed by atoms with van der Waals surface area (Å²) >= 11 is 6.11. The Morgan fingerprint density at radius 3 is 2.40 bits per heavy atom. The molecule has 0 amide bonds. The molecule has 1 aromatic carbocycles. The highest BCUT2D eigenvalue weighted by atomic mass is 35.5. The molecule has 1 saturated heterocycles. The molecule has 6 heteroatoms. The predicted molar refractivity (Wildman–Crippen MR) is 79.8 cm³/mol. The quantitative estimate of drug-likeness (QED) is 0.856. The average molecular weight is 318 g/mol. The van der Waals surface area contributed by atoms with Crippen molar-refractivity contribution in [2.75, 3.05) is 13.1 Å². The maximum absolute atomic E-state index is 12.5. The van der Waals surface area contributed by atoms with Crippen molar-refractivity contribution in [3.63, 3.8) is 0 Å². The zero-order valence-electron chi connectivity index (χ0n) is 11.8. The molecule has 20 heavy (non-hydrogen) atoms. The van der Waals surface area contributed by atoms with Crippen LogP contribution in [0.15, 0.2) is 23.1 Å². The molecular weight excluding hydrogens is 298 g/mol. The summed E-state index contributed by atoms with van der Waals surface area (Å²) < 4.78 is 32.0. The van der Waals surface area contributed by atoms with Crippen LogP contribution in [0.25, 0.3) is 0 Å². The molecule has 4 nitrogen and oxygen atoms in total. The molecule has 0 N–H and O–H groups in total. The van der Waals surface area contributed by atoms with Crippen LogP contribution in [0.3, 0.4) is 0 Å². The third-order valence-corrected chi connectivity index (χ3v) is 5.41. The summed E-state index contributed by atoms with van der Waals surface area (Å²) in [6, 6.07) is 4.66. The summed E-state index contributed by atoms with van der Waals surface area (Å²) in [5.41, 5.74) is 0. The Hall–Kier alpha value is -0.780. The molecule has 2 rings (SSSR count). The first-order chi connectivity index (χ1) is 9.41. The zero-order chi connectivity index (χ0) is 14.8. The molecule has 1 aliphatic heterocycles. The number of nitrogens with zero attached hydrogens (tertiary/aromatic N) is 1. The molecule has 1 aliphatic rings. The van der Waals surface area contributed by atoms with Gasteiger partial charge in [-0.2, -0.15) is 4.31 Å². The van der Waals surface area contributed by atoms with Crippen LogP contribution in [0.4, 0.5) is 0 Å².